The number of carbonyl (C=O) groups excluding carboxylic acids is 1. The Labute approximate surface area is 122 Å². The number of ether oxygens (including phenoxy) is 1. The molecule has 19 heavy (non-hydrogen) atoms. The van der Waals surface area contributed by atoms with Gasteiger partial charge in [-0.2, -0.15) is 0 Å². The number of rotatable bonds is 3. The molecule has 0 bridgehead atoms. The lowest BCUT2D eigenvalue weighted by Crippen LogP contribution is -2.38. The van der Waals surface area contributed by atoms with E-state index in [1.807, 2.05) is 24.4 Å². The number of thiophene rings is 1. The Morgan fingerprint density at radius 2 is 2.42 bits per heavy atom. The van der Waals surface area contributed by atoms with Gasteiger partial charge in [-0.25, -0.2) is 0 Å². The van der Waals surface area contributed by atoms with E-state index in [-0.39, 0.29) is 5.91 Å². The summed E-state index contributed by atoms with van der Waals surface area (Å²) in [7, 11) is 4.07. The zero-order valence-electron chi connectivity index (χ0n) is 11.3. The van der Waals surface area contributed by atoms with Crippen LogP contribution in [0.5, 0.6) is 0 Å². The van der Waals surface area contributed by atoms with Crippen LogP contribution in [0, 0.1) is 5.92 Å². The Morgan fingerprint density at radius 1 is 1.63 bits per heavy atom. The quantitative estimate of drug-likeness (QED) is 0.857. The maximum absolute atomic E-state index is 12.4. The first-order valence-corrected chi connectivity index (χ1v) is 7.58. The van der Waals surface area contributed by atoms with Gasteiger partial charge in [0, 0.05) is 25.6 Å². The third-order valence-corrected chi connectivity index (χ3v) is 4.39. The van der Waals surface area contributed by atoms with E-state index < -0.39 is 0 Å². The fraction of sp³-hybridized carbons (Fsp3) is 0.615. The zero-order chi connectivity index (χ0) is 13.8. The summed E-state index contributed by atoms with van der Waals surface area (Å²) in [6.07, 6.45) is 0. The minimum absolute atomic E-state index is 0.0225. The monoisotopic (exact) mass is 302 g/mol. The van der Waals surface area contributed by atoms with Gasteiger partial charge < -0.3 is 14.5 Å². The molecule has 0 N–H and O–H groups in total. The molecule has 1 amide bonds. The highest BCUT2D eigenvalue weighted by atomic mass is 35.5. The summed E-state index contributed by atoms with van der Waals surface area (Å²) in [5.74, 6) is 0.370. The molecule has 0 aliphatic carbocycles. The van der Waals surface area contributed by atoms with E-state index in [1.54, 1.807) is 6.07 Å². The lowest BCUT2D eigenvalue weighted by molar-refractivity contribution is 0.0740. The molecule has 1 fully saturated rings. The van der Waals surface area contributed by atoms with Gasteiger partial charge in [0.25, 0.3) is 5.91 Å². The Kier molecular flexibility index (Phi) is 5.21. The average molecular weight is 303 g/mol. The number of nitrogens with zero attached hydrogens (tertiary/aromatic N) is 2. The van der Waals surface area contributed by atoms with Gasteiger partial charge in [0.1, 0.15) is 4.88 Å². The standard InChI is InChI=1S/C13H19ClN2O2S/c1-15(2)7-10-8-16(4-5-18-9-10)13(17)12-11(14)3-6-19-12/h3,6,10H,4-5,7-9H2,1-2H3. The Balaban J connectivity index is 2.06. The molecule has 1 atom stereocenters. The van der Waals surface area contributed by atoms with E-state index in [2.05, 4.69) is 4.90 Å². The Morgan fingerprint density at radius 3 is 3.05 bits per heavy atom. The van der Waals surface area contributed by atoms with Crippen LogP contribution in [0.4, 0.5) is 0 Å². The van der Waals surface area contributed by atoms with Gasteiger partial charge in [-0.1, -0.05) is 11.6 Å². The predicted molar refractivity (Wildman–Crippen MR) is 78.1 cm³/mol. The van der Waals surface area contributed by atoms with Crippen LogP contribution < -0.4 is 0 Å². The minimum atomic E-state index is 0.0225. The Hall–Kier alpha value is -0.620. The second-order valence-corrected chi connectivity index (χ2v) is 6.38. The number of hydrogen-bond acceptors (Lipinski definition) is 4. The molecule has 2 rings (SSSR count). The molecule has 1 saturated heterocycles. The van der Waals surface area contributed by atoms with Crippen molar-refractivity contribution in [2.24, 2.45) is 5.92 Å². The van der Waals surface area contributed by atoms with Gasteiger partial charge in [0.05, 0.1) is 18.2 Å². The number of carbonyl (C=O) groups is 1. The fourth-order valence-corrected chi connectivity index (χ4v) is 3.38. The molecular formula is C13H19ClN2O2S. The maximum atomic E-state index is 12.4. The first kappa shape index (κ1) is 14.8. The topological polar surface area (TPSA) is 32.8 Å². The molecule has 1 aromatic heterocycles. The van der Waals surface area contributed by atoms with Crippen molar-refractivity contribution >= 4 is 28.8 Å². The second kappa shape index (κ2) is 6.70. The van der Waals surface area contributed by atoms with Gasteiger partial charge in [-0.05, 0) is 25.5 Å². The molecule has 106 valence electrons. The largest absolute Gasteiger partial charge is 0.379 e. The van der Waals surface area contributed by atoms with Crippen molar-refractivity contribution in [1.82, 2.24) is 9.80 Å². The van der Waals surface area contributed by atoms with Gasteiger partial charge in [-0.3, -0.25) is 4.79 Å². The van der Waals surface area contributed by atoms with Crippen LogP contribution in [0.2, 0.25) is 5.02 Å². The van der Waals surface area contributed by atoms with Gasteiger partial charge in [-0.15, -0.1) is 11.3 Å². The van der Waals surface area contributed by atoms with Crippen molar-refractivity contribution in [3.05, 3.63) is 21.3 Å². The molecule has 2 heterocycles. The van der Waals surface area contributed by atoms with E-state index >= 15 is 0 Å². The highest BCUT2D eigenvalue weighted by Gasteiger charge is 2.25. The summed E-state index contributed by atoms with van der Waals surface area (Å²) in [6.45, 7) is 3.59. The normalized spacial score (nSPS) is 20.6. The average Bonchev–Trinajstić information content (AvgIpc) is 2.63. The van der Waals surface area contributed by atoms with Crippen molar-refractivity contribution in [2.75, 3.05) is 46.9 Å². The second-order valence-electron chi connectivity index (χ2n) is 5.05. The third kappa shape index (κ3) is 3.92. The minimum Gasteiger partial charge on any atom is -0.379 e. The molecule has 6 heteroatoms. The highest BCUT2D eigenvalue weighted by Crippen LogP contribution is 2.24. The summed E-state index contributed by atoms with van der Waals surface area (Å²) in [5, 5.41) is 2.39. The SMILES string of the molecule is CN(C)CC1COCCN(C(=O)c2sccc2Cl)C1. The van der Waals surface area contributed by atoms with E-state index in [0.717, 1.165) is 13.1 Å². The molecule has 1 aliphatic heterocycles. The summed E-state index contributed by atoms with van der Waals surface area (Å²) in [4.78, 5) is 17.1. The van der Waals surface area contributed by atoms with Crippen molar-refractivity contribution in [3.63, 3.8) is 0 Å². The summed E-state index contributed by atoms with van der Waals surface area (Å²) in [5.41, 5.74) is 0. The number of amides is 1. The van der Waals surface area contributed by atoms with Gasteiger partial charge >= 0.3 is 0 Å². The van der Waals surface area contributed by atoms with Crippen LogP contribution in [-0.2, 0) is 4.74 Å². The highest BCUT2D eigenvalue weighted by molar-refractivity contribution is 7.12. The molecule has 1 aromatic rings. The first-order chi connectivity index (χ1) is 9.08. The Bertz CT molecular complexity index is 436. The van der Waals surface area contributed by atoms with E-state index in [1.165, 1.54) is 11.3 Å². The molecular weight excluding hydrogens is 284 g/mol. The number of hydrogen-bond donors (Lipinski definition) is 0. The first-order valence-electron chi connectivity index (χ1n) is 6.32. The molecule has 0 radical (unpaired) electrons. The van der Waals surface area contributed by atoms with E-state index in [4.69, 9.17) is 16.3 Å². The van der Waals surface area contributed by atoms with Gasteiger partial charge in [0.2, 0.25) is 0 Å². The molecule has 1 aliphatic rings. The van der Waals surface area contributed by atoms with Crippen molar-refractivity contribution in [2.45, 2.75) is 0 Å². The van der Waals surface area contributed by atoms with Crippen LogP contribution in [-0.4, -0.2) is 62.7 Å². The molecule has 1 unspecified atom stereocenters. The van der Waals surface area contributed by atoms with Crippen LogP contribution in [0.3, 0.4) is 0 Å². The van der Waals surface area contributed by atoms with Crippen LogP contribution in [0.25, 0.3) is 0 Å². The summed E-state index contributed by atoms with van der Waals surface area (Å²) in [6, 6.07) is 1.77. The van der Waals surface area contributed by atoms with Crippen molar-refractivity contribution in [1.29, 1.82) is 0 Å². The van der Waals surface area contributed by atoms with Crippen LogP contribution in [0.1, 0.15) is 9.67 Å². The maximum Gasteiger partial charge on any atom is 0.265 e. The van der Waals surface area contributed by atoms with Crippen LogP contribution in [0.15, 0.2) is 11.4 Å². The summed E-state index contributed by atoms with van der Waals surface area (Å²) < 4.78 is 5.59. The fourth-order valence-electron chi connectivity index (χ4n) is 2.28. The predicted octanol–water partition coefficient (Wildman–Crippen LogP) is 2.05. The molecule has 4 nitrogen and oxygen atoms in total. The van der Waals surface area contributed by atoms with E-state index in [0.29, 0.717) is 35.6 Å². The number of halogens is 1. The molecule has 0 spiro atoms. The molecule has 0 saturated carbocycles. The van der Waals surface area contributed by atoms with E-state index in [9.17, 15) is 4.79 Å². The summed E-state index contributed by atoms with van der Waals surface area (Å²) >= 11 is 7.44. The van der Waals surface area contributed by atoms with Crippen molar-refractivity contribution in [3.8, 4) is 0 Å². The lowest BCUT2D eigenvalue weighted by atomic mass is 10.1. The lowest BCUT2D eigenvalue weighted by Gasteiger charge is -2.25. The zero-order valence-corrected chi connectivity index (χ0v) is 12.8. The molecule has 0 aromatic carbocycles. The third-order valence-electron chi connectivity index (χ3n) is 3.06. The van der Waals surface area contributed by atoms with Gasteiger partial charge in [0.15, 0.2) is 0 Å². The van der Waals surface area contributed by atoms with Crippen molar-refractivity contribution < 1.29 is 9.53 Å². The smallest absolute Gasteiger partial charge is 0.265 e. The van der Waals surface area contributed by atoms with Crippen LogP contribution >= 0.6 is 22.9 Å².